The maximum atomic E-state index is 13.4. The first-order valence-corrected chi connectivity index (χ1v) is 12.7. The number of sulfonamides is 1. The van der Waals surface area contributed by atoms with Crippen LogP contribution < -0.4 is 5.32 Å². The van der Waals surface area contributed by atoms with Gasteiger partial charge >= 0.3 is 0 Å². The summed E-state index contributed by atoms with van der Waals surface area (Å²) < 4.78 is 28.0. The Morgan fingerprint density at radius 3 is 2.27 bits per heavy atom. The van der Waals surface area contributed by atoms with Crippen LogP contribution >= 0.6 is 23.2 Å². The van der Waals surface area contributed by atoms with E-state index in [4.69, 9.17) is 23.2 Å². The fourth-order valence-electron chi connectivity index (χ4n) is 3.48. The van der Waals surface area contributed by atoms with Crippen molar-refractivity contribution in [3.05, 3.63) is 93.5 Å². The lowest BCUT2D eigenvalue weighted by Gasteiger charge is -2.23. The van der Waals surface area contributed by atoms with Gasteiger partial charge in [-0.3, -0.25) is 4.79 Å². The molecule has 0 fully saturated rings. The molecule has 0 aliphatic rings. The summed E-state index contributed by atoms with van der Waals surface area (Å²) in [6.07, 6.45) is 0. The fraction of sp³-hybridized carbons (Fsp3) is 0.240. The van der Waals surface area contributed by atoms with E-state index in [1.807, 2.05) is 39.0 Å². The summed E-state index contributed by atoms with van der Waals surface area (Å²) in [7, 11) is -4.00. The molecule has 0 aliphatic heterocycles. The molecule has 0 aliphatic carbocycles. The summed E-state index contributed by atoms with van der Waals surface area (Å²) in [5, 5.41) is 3.77. The van der Waals surface area contributed by atoms with Gasteiger partial charge in [0.05, 0.1) is 11.4 Å². The van der Waals surface area contributed by atoms with Gasteiger partial charge in [-0.25, -0.2) is 8.42 Å². The van der Waals surface area contributed by atoms with Crippen molar-refractivity contribution in [1.82, 2.24) is 4.31 Å². The molecule has 0 atom stereocenters. The Bertz CT molecular complexity index is 1240. The first-order valence-electron chi connectivity index (χ1n) is 10.5. The number of carbonyl (C=O) groups is 1. The van der Waals surface area contributed by atoms with Crippen molar-refractivity contribution in [3.63, 3.8) is 0 Å². The van der Waals surface area contributed by atoms with Crippen molar-refractivity contribution in [2.45, 2.75) is 38.1 Å². The van der Waals surface area contributed by atoms with Crippen LogP contribution in [0.5, 0.6) is 0 Å². The molecule has 3 rings (SSSR count). The summed E-state index contributed by atoms with van der Waals surface area (Å²) in [5.74, 6) is -0.243. The summed E-state index contributed by atoms with van der Waals surface area (Å²) in [6, 6.07) is 18.6. The SMILES string of the molecule is Cc1cccc(C(C)C)c1NC(=O)CN(Cc1ccccc1Cl)S(=O)(=O)c1ccc(Cl)cc1. The lowest BCUT2D eigenvalue weighted by atomic mass is 9.98. The predicted molar refractivity (Wildman–Crippen MR) is 134 cm³/mol. The molecule has 1 N–H and O–H groups in total. The van der Waals surface area contributed by atoms with E-state index >= 15 is 0 Å². The van der Waals surface area contributed by atoms with Crippen LogP contribution in [0.1, 0.15) is 36.5 Å². The number of benzene rings is 3. The standard InChI is InChI=1S/C25H26Cl2N2O3S/c1-17(2)22-9-6-7-18(3)25(22)28-24(30)16-29(15-19-8-4-5-10-23(19)27)33(31,32)21-13-11-20(26)12-14-21/h4-14,17H,15-16H2,1-3H3,(H,28,30). The number of rotatable bonds is 8. The highest BCUT2D eigenvalue weighted by Gasteiger charge is 2.28. The van der Waals surface area contributed by atoms with Crippen LogP contribution in [0.15, 0.2) is 71.6 Å². The Hall–Kier alpha value is -2.38. The van der Waals surface area contributed by atoms with Crippen LogP contribution in [0.25, 0.3) is 0 Å². The van der Waals surface area contributed by atoms with Gasteiger partial charge in [0.1, 0.15) is 0 Å². The van der Waals surface area contributed by atoms with Crippen LogP contribution in [0, 0.1) is 6.92 Å². The first-order chi connectivity index (χ1) is 15.6. The third-order valence-corrected chi connectivity index (χ3v) is 7.69. The van der Waals surface area contributed by atoms with E-state index in [0.717, 1.165) is 15.4 Å². The Labute approximate surface area is 205 Å². The minimum atomic E-state index is -4.00. The van der Waals surface area contributed by atoms with Crippen molar-refractivity contribution >= 4 is 44.8 Å². The van der Waals surface area contributed by atoms with Crippen LogP contribution in [-0.2, 0) is 21.4 Å². The second-order valence-electron chi connectivity index (χ2n) is 8.06. The summed E-state index contributed by atoms with van der Waals surface area (Å²) in [4.78, 5) is 13.1. The Morgan fingerprint density at radius 2 is 1.64 bits per heavy atom. The van der Waals surface area contributed by atoms with E-state index in [1.165, 1.54) is 24.3 Å². The molecule has 0 unspecified atom stereocenters. The molecule has 0 radical (unpaired) electrons. The Balaban J connectivity index is 1.94. The minimum absolute atomic E-state index is 0.0468. The highest BCUT2D eigenvalue weighted by Crippen LogP contribution is 2.28. The van der Waals surface area contributed by atoms with E-state index in [0.29, 0.717) is 21.3 Å². The van der Waals surface area contributed by atoms with Crippen molar-refractivity contribution in [3.8, 4) is 0 Å². The molecule has 0 bridgehead atoms. The van der Waals surface area contributed by atoms with Gasteiger partial charge in [-0.05, 0) is 59.9 Å². The molecule has 1 amide bonds. The third kappa shape index (κ3) is 6.15. The van der Waals surface area contributed by atoms with E-state index < -0.39 is 15.9 Å². The number of amides is 1. The minimum Gasteiger partial charge on any atom is -0.324 e. The Morgan fingerprint density at radius 1 is 0.970 bits per heavy atom. The van der Waals surface area contributed by atoms with Gasteiger partial charge in [-0.15, -0.1) is 0 Å². The maximum Gasteiger partial charge on any atom is 0.243 e. The summed E-state index contributed by atoms with van der Waals surface area (Å²) >= 11 is 12.2. The number of carbonyl (C=O) groups excluding carboxylic acids is 1. The largest absolute Gasteiger partial charge is 0.324 e. The van der Waals surface area contributed by atoms with E-state index in [-0.39, 0.29) is 23.9 Å². The molecule has 8 heteroatoms. The van der Waals surface area contributed by atoms with Crippen molar-refractivity contribution in [2.75, 3.05) is 11.9 Å². The number of anilines is 1. The Kier molecular flexibility index (Phi) is 8.19. The topological polar surface area (TPSA) is 66.5 Å². The molecule has 0 saturated carbocycles. The number of aryl methyl sites for hydroxylation is 1. The van der Waals surface area contributed by atoms with Gasteiger partial charge in [0.25, 0.3) is 0 Å². The molecule has 0 heterocycles. The van der Waals surface area contributed by atoms with E-state index in [9.17, 15) is 13.2 Å². The lowest BCUT2D eigenvalue weighted by Crippen LogP contribution is -2.37. The van der Waals surface area contributed by atoms with Gasteiger partial charge in [-0.2, -0.15) is 4.31 Å². The number of hydrogen-bond donors (Lipinski definition) is 1. The third-order valence-electron chi connectivity index (χ3n) is 5.27. The maximum absolute atomic E-state index is 13.4. The number of hydrogen-bond acceptors (Lipinski definition) is 3. The van der Waals surface area contributed by atoms with Gasteiger partial charge in [-0.1, -0.05) is 73.4 Å². The second-order valence-corrected chi connectivity index (χ2v) is 10.8. The van der Waals surface area contributed by atoms with E-state index in [1.54, 1.807) is 24.3 Å². The molecule has 174 valence electrons. The number of nitrogens with zero attached hydrogens (tertiary/aromatic N) is 1. The van der Waals surface area contributed by atoms with Gasteiger partial charge < -0.3 is 5.32 Å². The van der Waals surface area contributed by atoms with Crippen LogP contribution in [0.3, 0.4) is 0 Å². The molecule has 0 saturated heterocycles. The summed E-state index contributed by atoms with van der Waals surface area (Å²) in [6.45, 7) is 5.57. The van der Waals surface area contributed by atoms with Crippen molar-refractivity contribution in [2.24, 2.45) is 0 Å². The van der Waals surface area contributed by atoms with Gasteiger partial charge in [0.2, 0.25) is 15.9 Å². The van der Waals surface area contributed by atoms with E-state index in [2.05, 4.69) is 5.32 Å². The van der Waals surface area contributed by atoms with Gasteiger partial charge in [0.15, 0.2) is 0 Å². The fourth-order valence-corrected chi connectivity index (χ4v) is 5.18. The highest BCUT2D eigenvalue weighted by molar-refractivity contribution is 7.89. The number of halogens is 2. The van der Waals surface area contributed by atoms with Gasteiger partial charge in [0, 0.05) is 22.3 Å². The quantitative estimate of drug-likeness (QED) is 0.393. The number of para-hydroxylation sites is 1. The molecule has 5 nitrogen and oxygen atoms in total. The zero-order valence-corrected chi connectivity index (χ0v) is 21.0. The number of nitrogens with one attached hydrogen (secondary N) is 1. The average Bonchev–Trinajstić information content (AvgIpc) is 2.76. The molecule has 33 heavy (non-hydrogen) atoms. The zero-order valence-electron chi connectivity index (χ0n) is 18.7. The highest BCUT2D eigenvalue weighted by atomic mass is 35.5. The monoisotopic (exact) mass is 504 g/mol. The molecule has 0 aromatic heterocycles. The van der Waals surface area contributed by atoms with Crippen LogP contribution in [0.2, 0.25) is 10.0 Å². The first kappa shape index (κ1) is 25.2. The lowest BCUT2D eigenvalue weighted by molar-refractivity contribution is -0.116. The molecular formula is C25H26Cl2N2O3S. The summed E-state index contributed by atoms with van der Waals surface area (Å²) in [5.41, 5.74) is 3.21. The zero-order chi connectivity index (χ0) is 24.2. The molecular weight excluding hydrogens is 479 g/mol. The second kappa shape index (κ2) is 10.7. The smallest absolute Gasteiger partial charge is 0.243 e. The normalized spacial score (nSPS) is 11.7. The molecule has 3 aromatic carbocycles. The van der Waals surface area contributed by atoms with Crippen molar-refractivity contribution < 1.29 is 13.2 Å². The van der Waals surface area contributed by atoms with Crippen LogP contribution in [-0.4, -0.2) is 25.2 Å². The molecule has 3 aromatic rings. The predicted octanol–water partition coefficient (Wildman–Crippen LogP) is 6.25. The average molecular weight is 505 g/mol. The van der Waals surface area contributed by atoms with Crippen LogP contribution in [0.4, 0.5) is 5.69 Å². The molecule has 0 spiro atoms. The van der Waals surface area contributed by atoms with Crippen molar-refractivity contribution in [1.29, 1.82) is 0 Å².